The van der Waals surface area contributed by atoms with E-state index in [9.17, 15) is 4.79 Å². The van der Waals surface area contributed by atoms with Gasteiger partial charge < -0.3 is 5.32 Å². The number of nitrogens with one attached hydrogen (secondary N) is 2. The molecule has 3 aromatic heterocycles. The molecular weight excluding hydrogens is 368 g/mol. The Morgan fingerprint density at radius 1 is 1.11 bits per heavy atom. The number of benzene rings is 1. The van der Waals surface area contributed by atoms with Crippen LogP contribution in [0, 0.1) is 0 Å². The highest BCUT2D eigenvalue weighted by molar-refractivity contribution is 6.30. The summed E-state index contributed by atoms with van der Waals surface area (Å²) in [5.41, 5.74) is 2.69. The first-order valence-corrected chi connectivity index (χ1v) is 8.44. The third kappa shape index (κ3) is 2.48. The number of H-pyrrole nitrogens is 1. The maximum Gasteiger partial charge on any atom is 0.288 e. The van der Waals surface area contributed by atoms with Gasteiger partial charge in [0.2, 0.25) is 5.95 Å². The summed E-state index contributed by atoms with van der Waals surface area (Å²) in [4.78, 5) is 17.0. The van der Waals surface area contributed by atoms with Gasteiger partial charge in [-0.05, 0) is 34.7 Å². The molecule has 0 saturated carbocycles. The lowest BCUT2D eigenvalue weighted by molar-refractivity contribution is 0.556. The fraction of sp³-hybridized carbons (Fsp3) is 0.0588. The molecule has 1 aliphatic heterocycles. The van der Waals surface area contributed by atoms with E-state index in [-0.39, 0.29) is 5.56 Å². The Morgan fingerprint density at radius 2 is 1.96 bits per heavy atom. The molecule has 4 aromatic rings. The quantitative estimate of drug-likeness (QED) is 0.483. The van der Waals surface area contributed by atoms with E-state index < -0.39 is 6.04 Å². The number of aromatic amines is 1. The predicted molar refractivity (Wildman–Crippen MR) is 97.9 cm³/mol. The number of nitrogens with zero attached hydrogens (tertiary/aromatic N) is 6. The van der Waals surface area contributed by atoms with E-state index in [1.54, 1.807) is 23.0 Å². The molecule has 5 rings (SSSR count). The van der Waals surface area contributed by atoms with Gasteiger partial charge in [-0.15, -0.1) is 0 Å². The van der Waals surface area contributed by atoms with Crippen LogP contribution in [0.3, 0.4) is 0 Å². The number of tetrazole rings is 1. The molecule has 1 aromatic carbocycles. The van der Waals surface area contributed by atoms with Crippen LogP contribution in [0.4, 0.5) is 11.6 Å². The molecular formula is C17H11ClN8O. The lowest BCUT2D eigenvalue weighted by Gasteiger charge is -2.27. The summed E-state index contributed by atoms with van der Waals surface area (Å²) in [6, 6.07) is 12.3. The summed E-state index contributed by atoms with van der Waals surface area (Å²) in [6.45, 7) is 0. The van der Waals surface area contributed by atoms with Crippen LogP contribution in [0.1, 0.15) is 17.3 Å². The van der Waals surface area contributed by atoms with Crippen molar-refractivity contribution >= 4 is 23.2 Å². The fourth-order valence-corrected chi connectivity index (χ4v) is 3.30. The molecule has 1 aliphatic rings. The minimum Gasteiger partial charge on any atom is -0.318 e. The van der Waals surface area contributed by atoms with Crippen LogP contribution in [0.5, 0.6) is 0 Å². The molecule has 0 bridgehead atoms. The van der Waals surface area contributed by atoms with Gasteiger partial charge in [-0.25, -0.2) is 5.10 Å². The van der Waals surface area contributed by atoms with Gasteiger partial charge in [0.25, 0.3) is 5.56 Å². The Balaban J connectivity index is 1.82. The molecule has 0 amide bonds. The second-order valence-corrected chi connectivity index (χ2v) is 6.36. The van der Waals surface area contributed by atoms with Crippen LogP contribution in [0.2, 0.25) is 5.02 Å². The minimum absolute atomic E-state index is 0.341. The van der Waals surface area contributed by atoms with Gasteiger partial charge in [0.05, 0.1) is 11.4 Å². The van der Waals surface area contributed by atoms with Gasteiger partial charge in [-0.2, -0.15) is 9.78 Å². The molecule has 4 heterocycles. The van der Waals surface area contributed by atoms with Crippen molar-refractivity contribution in [3.63, 3.8) is 0 Å². The molecule has 1 atom stereocenters. The molecule has 1 unspecified atom stereocenters. The third-order valence-electron chi connectivity index (χ3n) is 4.35. The number of rotatable bonds is 2. The van der Waals surface area contributed by atoms with Crippen molar-refractivity contribution in [1.82, 2.24) is 35.4 Å². The van der Waals surface area contributed by atoms with Crippen LogP contribution in [-0.2, 0) is 0 Å². The Labute approximate surface area is 157 Å². The van der Waals surface area contributed by atoms with Crippen molar-refractivity contribution in [3.8, 4) is 11.3 Å². The SMILES string of the molecule is O=c1[nH]nc(-c2ccc(Cl)cc2)c2c1Nc1nnnn1C2c1ccccn1. The highest BCUT2D eigenvalue weighted by Gasteiger charge is 2.34. The second kappa shape index (κ2) is 5.99. The van der Waals surface area contributed by atoms with E-state index in [1.165, 1.54) is 0 Å². The number of fused-ring (bicyclic) bond motifs is 2. The Morgan fingerprint density at radius 3 is 2.74 bits per heavy atom. The van der Waals surface area contributed by atoms with Crippen LogP contribution in [0.15, 0.2) is 53.5 Å². The van der Waals surface area contributed by atoms with E-state index >= 15 is 0 Å². The average Bonchev–Trinajstić information content (AvgIpc) is 3.17. The zero-order valence-electron chi connectivity index (χ0n) is 13.7. The van der Waals surface area contributed by atoms with Crippen molar-refractivity contribution in [3.05, 3.63) is 75.3 Å². The Bertz CT molecular complexity index is 1190. The van der Waals surface area contributed by atoms with E-state index in [1.807, 2.05) is 30.3 Å². The topological polar surface area (TPSA) is 114 Å². The van der Waals surface area contributed by atoms with Crippen LogP contribution >= 0.6 is 11.6 Å². The standard InChI is InChI=1S/C17H11ClN8O/c18-10-6-4-9(5-7-10)13-12-14(16(27)22-21-13)20-17-23-24-25-26(17)15(12)11-3-1-2-8-19-11/h1-8,15H,(H,22,27)(H,20,23,25). The number of pyridine rings is 1. The van der Waals surface area contributed by atoms with Gasteiger partial charge in [-0.1, -0.05) is 34.9 Å². The normalized spacial score (nSPS) is 14.9. The summed E-state index contributed by atoms with van der Waals surface area (Å²) in [6.07, 6.45) is 1.68. The monoisotopic (exact) mass is 378 g/mol. The maximum atomic E-state index is 12.5. The summed E-state index contributed by atoms with van der Waals surface area (Å²) in [7, 11) is 0. The molecule has 132 valence electrons. The van der Waals surface area contributed by atoms with Crippen molar-refractivity contribution in [2.24, 2.45) is 0 Å². The second-order valence-electron chi connectivity index (χ2n) is 5.93. The highest BCUT2D eigenvalue weighted by atomic mass is 35.5. The van der Waals surface area contributed by atoms with Gasteiger partial charge in [-0.3, -0.25) is 9.78 Å². The molecule has 0 saturated heterocycles. The minimum atomic E-state index is -0.507. The van der Waals surface area contributed by atoms with Crippen LogP contribution < -0.4 is 10.9 Å². The molecule has 0 radical (unpaired) electrons. The molecule has 9 nitrogen and oxygen atoms in total. The molecule has 0 aliphatic carbocycles. The van der Waals surface area contributed by atoms with E-state index in [0.717, 1.165) is 5.56 Å². The number of hydrogen-bond donors (Lipinski definition) is 2. The van der Waals surface area contributed by atoms with Crippen LogP contribution in [0.25, 0.3) is 11.3 Å². The van der Waals surface area contributed by atoms with Crippen molar-refractivity contribution in [2.75, 3.05) is 5.32 Å². The lowest BCUT2D eigenvalue weighted by Crippen LogP contribution is -2.29. The molecule has 0 spiro atoms. The smallest absolute Gasteiger partial charge is 0.288 e. The van der Waals surface area contributed by atoms with E-state index in [2.05, 4.69) is 36.0 Å². The van der Waals surface area contributed by atoms with E-state index in [4.69, 9.17) is 11.6 Å². The number of hydrogen-bond acceptors (Lipinski definition) is 7. The summed E-state index contributed by atoms with van der Waals surface area (Å²) >= 11 is 6.01. The first-order valence-electron chi connectivity index (χ1n) is 8.06. The van der Waals surface area contributed by atoms with Gasteiger partial charge >= 0.3 is 0 Å². The number of halogens is 1. The maximum absolute atomic E-state index is 12.5. The molecule has 2 N–H and O–H groups in total. The molecule has 10 heteroatoms. The van der Waals surface area contributed by atoms with Crippen molar-refractivity contribution in [2.45, 2.75) is 6.04 Å². The zero-order valence-corrected chi connectivity index (χ0v) is 14.4. The highest BCUT2D eigenvalue weighted by Crippen LogP contribution is 2.40. The summed E-state index contributed by atoms with van der Waals surface area (Å²) in [5.74, 6) is 0.358. The first-order chi connectivity index (χ1) is 13.2. The number of anilines is 2. The average molecular weight is 379 g/mol. The van der Waals surface area contributed by atoms with Crippen LogP contribution in [-0.4, -0.2) is 35.4 Å². The van der Waals surface area contributed by atoms with Gasteiger partial charge in [0, 0.05) is 22.3 Å². The largest absolute Gasteiger partial charge is 0.318 e. The fourth-order valence-electron chi connectivity index (χ4n) is 3.18. The Hall–Kier alpha value is -3.59. The Kier molecular flexibility index (Phi) is 3.47. The lowest BCUT2D eigenvalue weighted by atomic mass is 9.95. The predicted octanol–water partition coefficient (Wildman–Crippen LogP) is 2.17. The zero-order chi connectivity index (χ0) is 18.4. The van der Waals surface area contributed by atoms with Gasteiger partial charge in [0.1, 0.15) is 11.7 Å². The third-order valence-corrected chi connectivity index (χ3v) is 4.61. The number of aromatic nitrogens is 7. The van der Waals surface area contributed by atoms with Crippen molar-refractivity contribution < 1.29 is 0 Å². The van der Waals surface area contributed by atoms with Gasteiger partial charge in [0.15, 0.2) is 0 Å². The first kappa shape index (κ1) is 15.6. The molecule has 27 heavy (non-hydrogen) atoms. The van der Waals surface area contributed by atoms with Crippen molar-refractivity contribution in [1.29, 1.82) is 0 Å². The summed E-state index contributed by atoms with van der Waals surface area (Å²) < 4.78 is 1.59. The molecule has 0 fully saturated rings. The summed E-state index contributed by atoms with van der Waals surface area (Å²) in [5, 5.41) is 22.2. The van der Waals surface area contributed by atoms with E-state index in [0.29, 0.717) is 33.6 Å².